The fraction of sp³-hybridized carbons (Fsp3) is 0.600. The lowest BCUT2D eigenvalue weighted by atomic mass is 9.89. The summed E-state index contributed by atoms with van der Waals surface area (Å²) in [6.45, 7) is 8.34. The minimum absolute atomic E-state index is 0.235. The van der Waals surface area contributed by atoms with Crippen LogP contribution in [0.4, 0.5) is 0 Å². The number of nitrogens with two attached hydrogens (primary N) is 1. The summed E-state index contributed by atoms with van der Waals surface area (Å²) in [6.07, 6.45) is 2.06. The van der Waals surface area contributed by atoms with Gasteiger partial charge in [-0.3, -0.25) is 0 Å². The van der Waals surface area contributed by atoms with Crippen LogP contribution in [0.3, 0.4) is 0 Å². The van der Waals surface area contributed by atoms with Gasteiger partial charge in [-0.25, -0.2) is 0 Å². The number of methoxy groups -OCH3 is 1. The van der Waals surface area contributed by atoms with E-state index in [-0.39, 0.29) is 6.04 Å². The maximum absolute atomic E-state index is 6.27. The lowest BCUT2D eigenvalue weighted by molar-refractivity contribution is 0.400. The van der Waals surface area contributed by atoms with Crippen molar-refractivity contribution in [3.8, 4) is 5.75 Å². The lowest BCUT2D eigenvalue weighted by Gasteiger charge is -2.21. The molecule has 18 heavy (non-hydrogen) atoms. The molecule has 1 aromatic rings. The van der Waals surface area contributed by atoms with E-state index < -0.39 is 0 Å². The van der Waals surface area contributed by atoms with Crippen molar-refractivity contribution in [2.24, 2.45) is 5.73 Å². The molecule has 0 spiro atoms. The normalized spacial score (nSPS) is 14.4. The van der Waals surface area contributed by atoms with Crippen LogP contribution in [-0.2, 0) is 0 Å². The van der Waals surface area contributed by atoms with Gasteiger partial charge in [-0.2, -0.15) is 0 Å². The first-order chi connectivity index (χ1) is 8.38. The van der Waals surface area contributed by atoms with Crippen molar-refractivity contribution in [1.82, 2.24) is 0 Å². The Morgan fingerprint density at radius 1 is 1.28 bits per heavy atom. The number of hydrogen-bond acceptors (Lipinski definition) is 2. The van der Waals surface area contributed by atoms with E-state index in [2.05, 4.69) is 13.8 Å². The summed E-state index contributed by atoms with van der Waals surface area (Å²) in [5.74, 6) is 1.37. The van der Waals surface area contributed by atoms with Crippen molar-refractivity contribution >= 4 is 11.6 Å². The van der Waals surface area contributed by atoms with Crippen molar-refractivity contribution in [3.63, 3.8) is 0 Å². The zero-order valence-corrected chi connectivity index (χ0v) is 12.8. The molecule has 0 radical (unpaired) electrons. The van der Waals surface area contributed by atoms with Crippen LogP contribution in [-0.4, -0.2) is 13.2 Å². The molecule has 2 nitrogen and oxygen atoms in total. The number of ether oxygens (including phenoxy) is 1. The molecule has 0 saturated carbocycles. The van der Waals surface area contributed by atoms with Gasteiger partial charge in [-0.1, -0.05) is 18.5 Å². The maximum Gasteiger partial charge on any atom is 0.125 e. The molecule has 1 rings (SSSR count). The summed E-state index contributed by atoms with van der Waals surface area (Å²) in [4.78, 5) is 0. The molecule has 1 aromatic carbocycles. The SMILES string of the molecule is COc1c(C)cc(Cl)c(C)c1C(C)CCC(C)N. The summed E-state index contributed by atoms with van der Waals surface area (Å²) in [5.41, 5.74) is 9.27. The van der Waals surface area contributed by atoms with Crippen molar-refractivity contribution in [2.45, 2.75) is 52.5 Å². The molecule has 0 aliphatic carbocycles. The molecule has 0 aliphatic heterocycles. The Balaban J connectivity index is 3.12. The van der Waals surface area contributed by atoms with E-state index in [4.69, 9.17) is 22.1 Å². The van der Waals surface area contributed by atoms with Gasteiger partial charge >= 0.3 is 0 Å². The third-order valence-corrected chi connectivity index (χ3v) is 3.85. The van der Waals surface area contributed by atoms with E-state index in [1.165, 1.54) is 5.56 Å². The monoisotopic (exact) mass is 269 g/mol. The number of benzene rings is 1. The van der Waals surface area contributed by atoms with E-state index in [1.807, 2.05) is 19.9 Å². The second kappa shape index (κ2) is 6.44. The van der Waals surface area contributed by atoms with Gasteiger partial charge in [0.15, 0.2) is 0 Å². The van der Waals surface area contributed by atoms with E-state index >= 15 is 0 Å². The minimum Gasteiger partial charge on any atom is -0.496 e. The third kappa shape index (κ3) is 3.39. The molecule has 0 saturated heterocycles. The van der Waals surface area contributed by atoms with Gasteiger partial charge in [0, 0.05) is 16.6 Å². The molecule has 2 N–H and O–H groups in total. The Morgan fingerprint density at radius 2 is 1.89 bits per heavy atom. The number of hydrogen-bond donors (Lipinski definition) is 1. The van der Waals surface area contributed by atoms with Crippen LogP contribution in [0, 0.1) is 13.8 Å². The predicted molar refractivity (Wildman–Crippen MR) is 78.8 cm³/mol. The fourth-order valence-corrected chi connectivity index (χ4v) is 2.66. The fourth-order valence-electron chi connectivity index (χ4n) is 2.40. The van der Waals surface area contributed by atoms with Crippen LogP contribution in [0.15, 0.2) is 6.07 Å². The van der Waals surface area contributed by atoms with Crippen molar-refractivity contribution < 1.29 is 4.74 Å². The molecule has 0 amide bonds. The molecular formula is C15H24ClNO. The van der Waals surface area contributed by atoms with Crippen LogP contribution in [0.25, 0.3) is 0 Å². The quantitative estimate of drug-likeness (QED) is 0.870. The van der Waals surface area contributed by atoms with Gasteiger partial charge in [0.2, 0.25) is 0 Å². The van der Waals surface area contributed by atoms with Crippen LogP contribution in [0.1, 0.15) is 49.3 Å². The van der Waals surface area contributed by atoms with E-state index in [1.54, 1.807) is 7.11 Å². The maximum atomic E-state index is 6.27. The van der Waals surface area contributed by atoms with Crippen LogP contribution < -0.4 is 10.5 Å². The second-order valence-corrected chi connectivity index (χ2v) is 5.61. The van der Waals surface area contributed by atoms with Gasteiger partial charge in [0.1, 0.15) is 5.75 Å². The predicted octanol–water partition coefficient (Wildman–Crippen LogP) is 4.20. The Hall–Kier alpha value is -0.730. The molecule has 2 unspecified atom stereocenters. The van der Waals surface area contributed by atoms with Crippen LogP contribution in [0.2, 0.25) is 5.02 Å². The van der Waals surface area contributed by atoms with Crippen LogP contribution >= 0.6 is 11.6 Å². The lowest BCUT2D eigenvalue weighted by Crippen LogP contribution is -2.15. The Bertz CT molecular complexity index is 415. The highest BCUT2D eigenvalue weighted by molar-refractivity contribution is 6.31. The molecule has 0 bridgehead atoms. The van der Waals surface area contributed by atoms with Gasteiger partial charge < -0.3 is 10.5 Å². The molecule has 0 aromatic heterocycles. The first kappa shape index (κ1) is 15.3. The highest BCUT2D eigenvalue weighted by atomic mass is 35.5. The topological polar surface area (TPSA) is 35.2 Å². The Labute approximate surface area is 115 Å². The minimum atomic E-state index is 0.235. The molecule has 2 atom stereocenters. The highest BCUT2D eigenvalue weighted by Crippen LogP contribution is 2.38. The second-order valence-electron chi connectivity index (χ2n) is 5.20. The van der Waals surface area contributed by atoms with Gasteiger partial charge in [-0.05, 0) is 56.7 Å². The van der Waals surface area contributed by atoms with Crippen molar-refractivity contribution in [2.75, 3.05) is 7.11 Å². The van der Waals surface area contributed by atoms with Crippen LogP contribution in [0.5, 0.6) is 5.75 Å². The average molecular weight is 270 g/mol. The molecule has 0 heterocycles. The molecular weight excluding hydrogens is 246 g/mol. The largest absolute Gasteiger partial charge is 0.496 e. The molecule has 0 fully saturated rings. The Morgan fingerprint density at radius 3 is 2.39 bits per heavy atom. The smallest absolute Gasteiger partial charge is 0.125 e. The number of rotatable bonds is 5. The van der Waals surface area contributed by atoms with E-state index in [0.717, 1.165) is 34.7 Å². The Kier molecular flexibility index (Phi) is 5.48. The van der Waals surface area contributed by atoms with E-state index in [0.29, 0.717) is 5.92 Å². The molecule has 3 heteroatoms. The summed E-state index contributed by atoms with van der Waals surface area (Å²) in [6, 6.07) is 2.20. The number of halogens is 1. The highest BCUT2D eigenvalue weighted by Gasteiger charge is 2.18. The zero-order valence-electron chi connectivity index (χ0n) is 12.0. The first-order valence-corrected chi connectivity index (χ1v) is 6.85. The molecule has 0 aliphatic rings. The average Bonchev–Trinajstić information content (AvgIpc) is 2.30. The summed E-state index contributed by atoms with van der Waals surface area (Å²) >= 11 is 6.27. The van der Waals surface area contributed by atoms with E-state index in [9.17, 15) is 0 Å². The van der Waals surface area contributed by atoms with Crippen molar-refractivity contribution in [1.29, 1.82) is 0 Å². The first-order valence-electron chi connectivity index (χ1n) is 6.47. The summed E-state index contributed by atoms with van der Waals surface area (Å²) in [5, 5.41) is 0.816. The van der Waals surface area contributed by atoms with Gasteiger partial charge in [-0.15, -0.1) is 0 Å². The number of aryl methyl sites for hydroxylation is 1. The van der Waals surface area contributed by atoms with Gasteiger partial charge in [0.25, 0.3) is 0 Å². The molecule has 102 valence electrons. The summed E-state index contributed by atoms with van der Waals surface area (Å²) < 4.78 is 5.55. The third-order valence-electron chi connectivity index (χ3n) is 3.46. The standard InChI is InChI=1S/C15H24ClNO/c1-9(6-7-11(3)17)14-12(4)13(16)8-10(2)15(14)18-5/h8-9,11H,6-7,17H2,1-5H3. The van der Waals surface area contributed by atoms with Crippen molar-refractivity contribution in [3.05, 3.63) is 27.8 Å². The van der Waals surface area contributed by atoms with Gasteiger partial charge in [0.05, 0.1) is 7.11 Å². The zero-order chi connectivity index (χ0) is 13.9. The summed E-state index contributed by atoms with van der Waals surface area (Å²) in [7, 11) is 1.72.